The van der Waals surface area contributed by atoms with Gasteiger partial charge in [-0.1, -0.05) is 18.5 Å². The molecule has 2 amide bonds. The van der Waals surface area contributed by atoms with Crippen LogP contribution in [0.1, 0.15) is 40.7 Å². The van der Waals surface area contributed by atoms with Crippen LogP contribution in [0.5, 0.6) is 0 Å². The number of nitrogens with one attached hydrogen (secondary N) is 2. The number of carbonyl (C=O) groups excluding carboxylic acids is 2. The second kappa shape index (κ2) is 9.49. The van der Waals surface area contributed by atoms with Gasteiger partial charge in [0.15, 0.2) is 5.13 Å². The highest BCUT2D eigenvalue weighted by atomic mass is 35.5. The van der Waals surface area contributed by atoms with E-state index in [0.29, 0.717) is 15.7 Å². The smallest absolute Gasteiger partial charge is 0.251 e. The van der Waals surface area contributed by atoms with Gasteiger partial charge in [-0.25, -0.2) is 4.98 Å². The molecule has 150 valence electrons. The van der Waals surface area contributed by atoms with Gasteiger partial charge < -0.3 is 10.6 Å². The van der Waals surface area contributed by atoms with Gasteiger partial charge in [0.25, 0.3) is 5.91 Å². The molecule has 1 aromatic heterocycles. The fraction of sp³-hybridized carbons (Fsp3) is 0.450. The maximum atomic E-state index is 12.2. The van der Waals surface area contributed by atoms with Crippen molar-refractivity contribution in [1.82, 2.24) is 15.2 Å². The Kier molecular flexibility index (Phi) is 7.04. The second-order valence-electron chi connectivity index (χ2n) is 7.22. The van der Waals surface area contributed by atoms with Crippen molar-refractivity contribution < 1.29 is 9.59 Å². The first-order chi connectivity index (χ1) is 13.4. The number of thiazole rings is 1. The molecule has 0 saturated carbocycles. The number of benzene rings is 1. The topological polar surface area (TPSA) is 74.3 Å². The molecule has 0 unspecified atom stereocenters. The largest absolute Gasteiger partial charge is 0.343 e. The third kappa shape index (κ3) is 5.77. The van der Waals surface area contributed by atoms with E-state index in [1.165, 1.54) is 29.1 Å². The van der Waals surface area contributed by atoms with Gasteiger partial charge in [0, 0.05) is 22.0 Å². The Bertz CT molecular complexity index is 829. The summed E-state index contributed by atoms with van der Waals surface area (Å²) in [4.78, 5) is 32.3. The summed E-state index contributed by atoms with van der Waals surface area (Å²) in [6, 6.07) is 6.51. The van der Waals surface area contributed by atoms with Crippen LogP contribution in [0.4, 0.5) is 5.13 Å². The second-order valence-corrected chi connectivity index (χ2v) is 8.74. The SMILES string of the molecule is Cc1nc(NC(=O)CNC(=O)c2ccc(Cl)cc2)sc1CN1CCC(C)CC1. The Morgan fingerprint density at radius 3 is 2.61 bits per heavy atom. The van der Waals surface area contributed by atoms with Crippen molar-refractivity contribution in [3.8, 4) is 0 Å². The van der Waals surface area contributed by atoms with Crippen molar-refractivity contribution in [3.63, 3.8) is 0 Å². The number of aryl methyl sites for hydroxylation is 1. The Balaban J connectivity index is 1.49. The zero-order chi connectivity index (χ0) is 20.1. The molecule has 0 radical (unpaired) electrons. The summed E-state index contributed by atoms with van der Waals surface area (Å²) in [5.74, 6) is 0.188. The summed E-state index contributed by atoms with van der Waals surface area (Å²) in [6.45, 7) is 7.25. The average Bonchev–Trinajstić information content (AvgIpc) is 3.01. The zero-order valence-electron chi connectivity index (χ0n) is 16.1. The Morgan fingerprint density at radius 1 is 1.25 bits per heavy atom. The summed E-state index contributed by atoms with van der Waals surface area (Å²) < 4.78 is 0. The molecule has 28 heavy (non-hydrogen) atoms. The van der Waals surface area contributed by atoms with Gasteiger partial charge in [-0.05, 0) is 63.0 Å². The molecule has 2 heterocycles. The molecule has 0 spiro atoms. The van der Waals surface area contributed by atoms with Gasteiger partial charge in [-0.15, -0.1) is 11.3 Å². The molecule has 1 aromatic carbocycles. The standard InChI is InChI=1S/C20H25ClN4O2S/c1-13-7-9-25(10-8-13)12-17-14(2)23-20(28-17)24-18(26)11-22-19(27)15-3-5-16(21)6-4-15/h3-6,13H,7-12H2,1-2H3,(H,22,27)(H,23,24,26). The Labute approximate surface area is 174 Å². The summed E-state index contributed by atoms with van der Waals surface area (Å²) in [7, 11) is 0. The van der Waals surface area contributed by atoms with Crippen molar-refractivity contribution in [2.45, 2.75) is 33.2 Å². The monoisotopic (exact) mass is 420 g/mol. The first kappa shape index (κ1) is 20.8. The molecule has 8 heteroatoms. The molecule has 2 aromatic rings. The van der Waals surface area contributed by atoms with Crippen molar-refractivity contribution in [2.24, 2.45) is 5.92 Å². The van der Waals surface area contributed by atoms with E-state index in [9.17, 15) is 9.59 Å². The van der Waals surface area contributed by atoms with E-state index >= 15 is 0 Å². The molecular weight excluding hydrogens is 396 g/mol. The predicted octanol–water partition coefficient (Wildman–Crippen LogP) is 3.71. The van der Waals surface area contributed by atoms with Gasteiger partial charge in [0.05, 0.1) is 12.2 Å². The summed E-state index contributed by atoms with van der Waals surface area (Å²) >= 11 is 7.31. The van der Waals surface area contributed by atoms with Gasteiger partial charge in [0.1, 0.15) is 0 Å². The number of aromatic nitrogens is 1. The molecular formula is C20H25ClN4O2S. The van der Waals surface area contributed by atoms with E-state index in [1.807, 2.05) is 6.92 Å². The van der Waals surface area contributed by atoms with E-state index in [2.05, 4.69) is 27.4 Å². The number of carbonyl (C=O) groups is 2. The lowest BCUT2D eigenvalue weighted by molar-refractivity contribution is -0.115. The Morgan fingerprint density at radius 2 is 1.93 bits per heavy atom. The van der Waals surface area contributed by atoms with E-state index in [0.717, 1.165) is 31.2 Å². The minimum absolute atomic E-state index is 0.112. The molecule has 1 aliphatic rings. The summed E-state index contributed by atoms with van der Waals surface area (Å²) in [5.41, 5.74) is 1.41. The molecule has 0 bridgehead atoms. The van der Waals surface area contributed by atoms with Crippen LogP contribution < -0.4 is 10.6 Å². The van der Waals surface area contributed by atoms with Crippen molar-refractivity contribution in [1.29, 1.82) is 0 Å². The van der Waals surface area contributed by atoms with Crippen molar-refractivity contribution >= 4 is 39.9 Å². The van der Waals surface area contributed by atoms with Crippen molar-refractivity contribution in [3.05, 3.63) is 45.4 Å². The highest BCUT2D eigenvalue weighted by Crippen LogP contribution is 2.26. The maximum Gasteiger partial charge on any atom is 0.251 e. The quantitative estimate of drug-likeness (QED) is 0.747. The van der Waals surface area contributed by atoms with Crippen LogP contribution in [0.15, 0.2) is 24.3 Å². The molecule has 1 fully saturated rings. The van der Waals surface area contributed by atoms with Crippen LogP contribution in [-0.2, 0) is 11.3 Å². The number of nitrogens with zero attached hydrogens (tertiary/aromatic N) is 2. The van der Waals surface area contributed by atoms with Gasteiger partial charge in [-0.2, -0.15) is 0 Å². The number of hydrogen-bond donors (Lipinski definition) is 2. The number of halogens is 1. The first-order valence-corrected chi connectivity index (χ1v) is 10.6. The molecule has 2 N–H and O–H groups in total. The lowest BCUT2D eigenvalue weighted by atomic mass is 9.99. The van der Waals surface area contributed by atoms with Crippen molar-refractivity contribution in [2.75, 3.05) is 25.0 Å². The van der Waals surface area contributed by atoms with Gasteiger partial charge in [0.2, 0.25) is 5.91 Å². The molecule has 0 aliphatic carbocycles. The van der Waals surface area contributed by atoms with E-state index < -0.39 is 0 Å². The fourth-order valence-corrected chi connectivity index (χ4v) is 4.23. The van der Waals surface area contributed by atoms with Crippen LogP contribution in [0.25, 0.3) is 0 Å². The number of rotatable bonds is 6. The highest BCUT2D eigenvalue weighted by molar-refractivity contribution is 7.15. The number of piperidine rings is 1. The molecule has 1 saturated heterocycles. The third-order valence-electron chi connectivity index (χ3n) is 4.90. The molecule has 3 rings (SSSR count). The fourth-order valence-electron chi connectivity index (χ4n) is 3.08. The number of likely N-dealkylation sites (tertiary alicyclic amines) is 1. The number of amides is 2. The summed E-state index contributed by atoms with van der Waals surface area (Å²) in [6.07, 6.45) is 2.46. The molecule has 0 atom stereocenters. The van der Waals surface area contributed by atoms with E-state index in [1.54, 1.807) is 24.3 Å². The molecule has 6 nitrogen and oxygen atoms in total. The van der Waals surface area contributed by atoms with Crippen LogP contribution in [0.3, 0.4) is 0 Å². The number of anilines is 1. The van der Waals surface area contributed by atoms with Crippen LogP contribution >= 0.6 is 22.9 Å². The molecule has 1 aliphatic heterocycles. The highest BCUT2D eigenvalue weighted by Gasteiger charge is 2.18. The lowest BCUT2D eigenvalue weighted by Crippen LogP contribution is -2.32. The van der Waals surface area contributed by atoms with Crippen LogP contribution in [0.2, 0.25) is 5.02 Å². The van der Waals surface area contributed by atoms with E-state index in [-0.39, 0.29) is 18.4 Å². The van der Waals surface area contributed by atoms with Crippen LogP contribution in [-0.4, -0.2) is 41.3 Å². The zero-order valence-corrected chi connectivity index (χ0v) is 17.7. The third-order valence-corrected chi connectivity index (χ3v) is 6.21. The number of hydrogen-bond acceptors (Lipinski definition) is 5. The first-order valence-electron chi connectivity index (χ1n) is 9.43. The predicted molar refractivity (Wildman–Crippen MR) is 113 cm³/mol. The maximum absolute atomic E-state index is 12.2. The summed E-state index contributed by atoms with van der Waals surface area (Å²) in [5, 5.41) is 6.51. The van der Waals surface area contributed by atoms with Gasteiger partial charge >= 0.3 is 0 Å². The van der Waals surface area contributed by atoms with Crippen LogP contribution in [0, 0.1) is 12.8 Å². The minimum atomic E-state index is -0.317. The van der Waals surface area contributed by atoms with Gasteiger partial charge in [-0.3, -0.25) is 14.5 Å². The van der Waals surface area contributed by atoms with E-state index in [4.69, 9.17) is 11.6 Å². The average molecular weight is 421 g/mol. The lowest BCUT2D eigenvalue weighted by Gasteiger charge is -2.29. The Hall–Kier alpha value is -1.96. The minimum Gasteiger partial charge on any atom is -0.343 e. The normalized spacial score (nSPS) is 15.4.